The topological polar surface area (TPSA) is 40.5 Å². The van der Waals surface area contributed by atoms with Crippen LogP contribution in [0.2, 0.25) is 0 Å². The molecule has 54 valence electrons. The Bertz CT molecular complexity index is 110. The zero-order valence-corrected chi connectivity index (χ0v) is 8.65. The highest BCUT2D eigenvalue weighted by Gasteiger charge is 2.11. The third-order valence-corrected chi connectivity index (χ3v) is 2.12. The average Bonchev–Trinajstić information content (AvgIpc) is 1.64. The van der Waals surface area contributed by atoms with Gasteiger partial charge in [0, 0.05) is 5.75 Å². The van der Waals surface area contributed by atoms with Crippen LogP contribution in [-0.4, -0.2) is 37.2 Å². The van der Waals surface area contributed by atoms with Crippen LogP contribution in [-0.2, 0) is 17.6 Å². The number of carboxylic acid groups (broad SMARTS) is 1. The first-order valence-electron chi connectivity index (χ1n) is 2.33. The number of carboxylic acids is 1. The van der Waals surface area contributed by atoms with E-state index >= 15 is 0 Å². The summed E-state index contributed by atoms with van der Waals surface area (Å²) in [4.78, 5) is 10.2. The van der Waals surface area contributed by atoms with E-state index in [1.165, 1.54) is 3.97 Å². The molecule has 6 heteroatoms. The third-order valence-electron chi connectivity index (χ3n) is 0.897. The molecule has 0 aliphatic rings. The van der Waals surface area contributed by atoms with Gasteiger partial charge in [-0.25, -0.2) is 0 Å². The quantitative estimate of drug-likeness (QED) is 0.314. The summed E-state index contributed by atoms with van der Waals surface area (Å²) in [6.45, 7) is 0. The summed E-state index contributed by atoms with van der Waals surface area (Å²) < 4.78 is 1.34. The Morgan fingerprint density at radius 1 is 2.00 bits per heavy atom. The van der Waals surface area contributed by atoms with Gasteiger partial charge in [-0.1, -0.05) is 0 Å². The fourth-order valence-corrected chi connectivity index (χ4v) is 1.74. The number of rotatable bonds is 3. The van der Waals surface area contributed by atoms with Crippen molar-refractivity contribution in [1.29, 1.82) is 0 Å². The predicted molar refractivity (Wildman–Crippen MR) is 44.4 cm³/mol. The van der Waals surface area contributed by atoms with Gasteiger partial charge in [0.25, 0.3) is 0 Å². The number of thiol groups is 1. The fourth-order valence-electron chi connectivity index (χ4n) is 0.349. The van der Waals surface area contributed by atoms with Gasteiger partial charge in [0.1, 0.15) is 0 Å². The maximum absolute atomic E-state index is 10.2. The maximum Gasteiger partial charge on any atom is 0.319 e. The Morgan fingerprint density at radius 3 is 2.44 bits per heavy atom. The molecule has 0 saturated heterocycles. The van der Waals surface area contributed by atoms with Gasteiger partial charge in [0.15, 0.2) is 0 Å². The number of nitrogens with zero attached hydrogens (tertiary/aromatic N) is 1. The van der Waals surface area contributed by atoms with E-state index in [1.807, 2.05) is 0 Å². The highest BCUT2D eigenvalue weighted by Crippen LogP contribution is 1.94. The van der Waals surface area contributed by atoms with E-state index in [2.05, 4.69) is 25.4 Å². The van der Waals surface area contributed by atoms with Gasteiger partial charge in [0.2, 0.25) is 0 Å². The molecule has 0 unspecified atom stereocenters. The molecule has 0 aromatic heterocycles. The summed E-state index contributed by atoms with van der Waals surface area (Å²) in [5, 5.41) is 8.41. The second-order valence-corrected chi connectivity index (χ2v) is 4.14. The predicted octanol–water partition coefficient (Wildman–Crippen LogP) is -1.59. The fraction of sp³-hybridized carbons (Fsp3) is 0.667. The molecule has 0 saturated carbocycles. The van der Waals surface area contributed by atoms with Crippen molar-refractivity contribution in [3.63, 3.8) is 0 Å². The van der Waals surface area contributed by atoms with Gasteiger partial charge in [-0.05, 0) is 0 Å². The van der Waals surface area contributed by atoms with E-state index in [-0.39, 0.29) is 5.75 Å². The lowest BCUT2D eigenvalue weighted by atomic mass is 10.4. The zero-order chi connectivity index (χ0) is 7.44. The van der Waals surface area contributed by atoms with Crippen LogP contribution in [0, 0.1) is 0 Å². The van der Waals surface area contributed by atoms with Crippen molar-refractivity contribution in [2.24, 2.45) is 0 Å². The van der Waals surface area contributed by atoms with Crippen LogP contribution in [0.4, 0.5) is 0 Å². The normalized spacial score (nSPS) is 14.1. The first kappa shape index (κ1) is 9.35. The molecule has 0 radical (unpaired) electrons. The SMILES string of the molecule is O=C(O)[C@H](CS)N([SiH3])[S-]. The minimum Gasteiger partial charge on any atom is -0.711 e. The van der Waals surface area contributed by atoms with Crippen LogP contribution < -0.4 is 0 Å². The Balaban J connectivity index is 3.83. The number of hydrogen-bond acceptors (Lipinski definition) is 4. The number of hydrogen-bond donors (Lipinski definition) is 2. The molecular formula is C3H8NO2S2Si-. The number of aliphatic carboxylic acids is 1. The van der Waals surface area contributed by atoms with E-state index in [0.29, 0.717) is 10.4 Å². The lowest BCUT2D eigenvalue weighted by Gasteiger charge is -2.29. The summed E-state index contributed by atoms with van der Waals surface area (Å²) in [7, 11) is 0.578. The van der Waals surface area contributed by atoms with Crippen LogP contribution >= 0.6 is 12.6 Å². The second kappa shape index (κ2) is 4.21. The lowest BCUT2D eigenvalue weighted by molar-refractivity contribution is -0.139. The van der Waals surface area contributed by atoms with E-state index in [4.69, 9.17) is 5.11 Å². The summed E-state index contributed by atoms with van der Waals surface area (Å²) in [6.07, 6.45) is 0. The Morgan fingerprint density at radius 2 is 2.44 bits per heavy atom. The minimum absolute atomic E-state index is 0.280. The molecule has 0 amide bonds. The molecule has 0 aromatic rings. The van der Waals surface area contributed by atoms with Crippen molar-refractivity contribution in [3.05, 3.63) is 0 Å². The first-order chi connectivity index (χ1) is 4.09. The van der Waals surface area contributed by atoms with Gasteiger partial charge < -0.3 is 21.9 Å². The van der Waals surface area contributed by atoms with Crippen LogP contribution in [0.25, 0.3) is 0 Å². The monoisotopic (exact) mass is 182 g/mol. The van der Waals surface area contributed by atoms with Crippen molar-refractivity contribution < 1.29 is 9.90 Å². The molecule has 0 bridgehead atoms. The molecule has 0 aliphatic heterocycles. The molecule has 0 spiro atoms. The summed E-state index contributed by atoms with van der Waals surface area (Å²) in [5.74, 6) is -0.613. The van der Waals surface area contributed by atoms with Crippen LogP contribution in [0.3, 0.4) is 0 Å². The molecule has 9 heavy (non-hydrogen) atoms. The standard InChI is InChI=1S/C3H8NO2S2Si/c5-3(6)2(1-7)4(8)9/h2,7H,1H2,9H3,(H,5,6)/q-1/t2-/m0/s1. The van der Waals surface area contributed by atoms with E-state index in [0.717, 1.165) is 0 Å². The Kier molecular flexibility index (Phi) is 4.37. The largest absolute Gasteiger partial charge is 0.711 e. The van der Waals surface area contributed by atoms with Crippen molar-refractivity contribution >= 4 is 41.8 Å². The third kappa shape index (κ3) is 3.14. The smallest absolute Gasteiger partial charge is 0.319 e. The van der Waals surface area contributed by atoms with Gasteiger partial charge in [-0.2, -0.15) is 12.6 Å². The average molecular weight is 182 g/mol. The van der Waals surface area contributed by atoms with E-state index < -0.39 is 12.0 Å². The highest BCUT2D eigenvalue weighted by atomic mass is 32.1. The van der Waals surface area contributed by atoms with E-state index in [9.17, 15) is 4.79 Å². The van der Waals surface area contributed by atoms with Crippen molar-refractivity contribution in [3.8, 4) is 0 Å². The van der Waals surface area contributed by atoms with Crippen LogP contribution in [0.1, 0.15) is 0 Å². The minimum atomic E-state index is -0.894. The van der Waals surface area contributed by atoms with Gasteiger partial charge in [-0.15, -0.1) is 0 Å². The summed E-state index contributed by atoms with van der Waals surface area (Å²) in [5.41, 5.74) is 0. The summed E-state index contributed by atoms with van der Waals surface area (Å²) >= 11 is 8.47. The second-order valence-electron chi connectivity index (χ2n) is 1.58. The van der Waals surface area contributed by atoms with Crippen LogP contribution in [0.5, 0.6) is 0 Å². The lowest BCUT2D eigenvalue weighted by Crippen LogP contribution is -2.37. The Labute approximate surface area is 67.9 Å². The molecule has 1 atom stereocenters. The summed E-state index contributed by atoms with van der Waals surface area (Å²) in [6, 6.07) is -0.588. The van der Waals surface area contributed by atoms with Crippen molar-refractivity contribution in [2.75, 3.05) is 5.75 Å². The highest BCUT2D eigenvalue weighted by molar-refractivity contribution is 7.80. The molecule has 0 aliphatic carbocycles. The van der Waals surface area contributed by atoms with Crippen molar-refractivity contribution in [1.82, 2.24) is 3.97 Å². The molecule has 0 heterocycles. The molecule has 0 aromatic carbocycles. The molecule has 1 N–H and O–H groups in total. The zero-order valence-electron chi connectivity index (χ0n) is 4.94. The van der Waals surface area contributed by atoms with Crippen molar-refractivity contribution in [2.45, 2.75) is 6.04 Å². The van der Waals surface area contributed by atoms with Gasteiger partial charge in [0.05, 0.1) is 16.4 Å². The number of carbonyl (C=O) groups is 1. The van der Waals surface area contributed by atoms with Gasteiger partial charge >= 0.3 is 5.97 Å². The maximum atomic E-state index is 10.2. The van der Waals surface area contributed by atoms with E-state index in [1.54, 1.807) is 0 Å². The van der Waals surface area contributed by atoms with Gasteiger partial charge in [-0.3, -0.25) is 4.79 Å². The van der Waals surface area contributed by atoms with Crippen LogP contribution in [0.15, 0.2) is 0 Å². The first-order valence-corrected chi connectivity index (χ1v) is 4.22. The Hall–Kier alpha value is 0.347. The molecular weight excluding hydrogens is 174 g/mol. The molecule has 3 nitrogen and oxygen atoms in total. The molecule has 0 rings (SSSR count). The molecule has 0 fully saturated rings.